The Hall–Kier alpha value is -2.68. The highest BCUT2D eigenvalue weighted by molar-refractivity contribution is 6.00. The monoisotopic (exact) mass is 296 g/mol. The van der Waals surface area contributed by atoms with Gasteiger partial charge in [-0.25, -0.2) is 4.85 Å². The van der Waals surface area contributed by atoms with Gasteiger partial charge in [-0.3, -0.25) is 14.6 Å². The van der Waals surface area contributed by atoms with Gasteiger partial charge in [-0.05, 0) is 12.8 Å². The first-order valence-electron chi connectivity index (χ1n) is 7.15. The van der Waals surface area contributed by atoms with Crippen LogP contribution in [0.1, 0.15) is 23.2 Å². The van der Waals surface area contributed by atoms with Gasteiger partial charge in [0.1, 0.15) is 5.54 Å². The highest BCUT2D eigenvalue weighted by Gasteiger charge is 2.46. The topological polar surface area (TPSA) is 57.3 Å². The molecule has 1 aromatic rings. The Bertz CT molecular complexity index is 679. The number of rotatable bonds is 1. The molecule has 6 nitrogen and oxygen atoms in total. The van der Waals surface area contributed by atoms with Gasteiger partial charge in [0.2, 0.25) is 0 Å². The molecule has 2 aliphatic heterocycles. The predicted molar refractivity (Wildman–Crippen MR) is 81.8 cm³/mol. The van der Waals surface area contributed by atoms with E-state index < -0.39 is 5.54 Å². The quantitative estimate of drug-likeness (QED) is 0.741. The van der Waals surface area contributed by atoms with E-state index in [1.54, 1.807) is 42.6 Å². The van der Waals surface area contributed by atoms with Crippen LogP contribution in [0.4, 0.5) is 5.69 Å². The van der Waals surface area contributed by atoms with Gasteiger partial charge in [0.05, 0.1) is 12.9 Å². The van der Waals surface area contributed by atoms with Crippen LogP contribution in [0.5, 0.6) is 0 Å². The molecule has 2 amide bonds. The molecule has 2 heterocycles. The third kappa shape index (κ3) is 2.25. The first-order chi connectivity index (χ1) is 10.6. The number of piperidine rings is 1. The Labute approximate surface area is 128 Å². The van der Waals surface area contributed by atoms with E-state index in [-0.39, 0.29) is 11.8 Å². The van der Waals surface area contributed by atoms with E-state index >= 15 is 0 Å². The predicted octanol–water partition coefficient (Wildman–Crippen LogP) is 1.71. The Kier molecular flexibility index (Phi) is 3.41. The van der Waals surface area contributed by atoms with Crippen molar-refractivity contribution >= 4 is 23.8 Å². The van der Waals surface area contributed by atoms with Crippen LogP contribution in [-0.4, -0.2) is 53.6 Å². The molecule has 0 radical (unpaired) electrons. The highest BCUT2D eigenvalue weighted by Crippen LogP contribution is 2.31. The summed E-state index contributed by atoms with van der Waals surface area (Å²) in [4.78, 5) is 35.6. The molecule has 0 aliphatic carbocycles. The largest absolute Gasteiger partial charge is 0.338 e. The number of amides is 2. The van der Waals surface area contributed by atoms with Crippen LogP contribution in [0.25, 0.3) is 4.85 Å². The van der Waals surface area contributed by atoms with Crippen molar-refractivity contribution in [3.63, 3.8) is 0 Å². The van der Waals surface area contributed by atoms with Crippen LogP contribution in [0, 0.1) is 6.57 Å². The number of likely N-dealkylation sites (tertiary alicyclic amines) is 1. The third-order valence-electron chi connectivity index (χ3n) is 4.32. The number of nitrogens with zero attached hydrogens (tertiary/aromatic N) is 4. The summed E-state index contributed by atoms with van der Waals surface area (Å²) in [5, 5.41) is 0. The average molecular weight is 296 g/mol. The SMILES string of the molecule is [C-]#[N+]c1ccc(C(=O)N2CCC3(CC2)N=CN(C)C3=O)cc1. The fourth-order valence-electron chi connectivity index (χ4n) is 2.92. The van der Waals surface area contributed by atoms with Crippen molar-refractivity contribution in [1.82, 2.24) is 9.80 Å². The lowest BCUT2D eigenvalue weighted by molar-refractivity contribution is -0.131. The molecule has 0 atom stereocenters. The number of hydrogen-bond donors (Lipinski definition) is 0. The molecule has 1 spiro atoms. The van der Waals surface area contributed by atoms with Crippen molar-refractivity contribution in [1.29, 1.82) is 0 Å². The van der Waals surface area contributed by atoms with Gasteiger partial charge in [0.25, 0.3) is 11.8 Å². The molecule has 22 heavy (non-hydrogen) atoms. The molecule has 0 saturated carbocycles. The van der Waals surface area contributed by atoms with E-state index in [0.717, 1.165) is 0 Å². The normalized spacial score (nSPS) is 19.5. The molecule has 1 aromatic carbocycles. The number of carbonyl (C=O) groups is 2. The zero-order valence-corrected chi connectivity index (χ0v) is 12.3. The molecule has 0 bridgehead atoms. The zero-order chi connectivity index (χ0) is 15.7. The third-order valence-corrected chi connectivity index (χ3v) is 4.32. The van der Waals surface area contributed by atoms with E-state index in [0.29, 0.717) is 37.2 Å². The maximum Gasteiger partial charge on any atom is 0.255 e. The van der Waals surface area contributed by atoms with E-state index in [1.807, 2.05) is 0 Å². The second kappa shape index (κ2) is 5.26. The number of likely N-dealkylation sites (N-methyl/N-ethyl adjacent to an activating group) is 1. The van der Waals surface area contributed by atoms with Crippen molar-refractivity contribution in [3.8, 4) is 0 Å². The fourth-order valence-corrected chi connectivity index (χ4v) is 2.92. The Morgan fingerprint density at radius 1 is 1.27 bits per heavy atom. The van der Waals surface area contributed by atoms with Crippen LogP contribution in [0.2, 0.25) is 0 Å². The van der Waals surface area contributed by atoms with Gasteiger partial charge in [0.15, 0.2) is 5.69 Å². The molecule has 0 unspecified atom stereocenters. The summed E-state index contributed by atoms with van der Waals surface area (Å²) < 4.78 is 0. The standard InChI is InChI=1S/C16H16N4O2/c1-17-13-5-3-12(4-6-13)14(21)20-9-7-16(8-10-20)15(22)19(2)11-18-16/h3-6,11H,7-10H2,2H3. The Morgan fingerprint density at radius 3 is 2.41 bits per heavy atom. The summed E-state index contributed by atoms with van der Waals surface area (Å²) in [7, 11) is 1.71. The van der Waals surface area contributed by atoms with Gasteiger partial charge in [-0.2, -0.15) is 0 Å². The average Bonchev–Trinajstić information content (AvgIpc) is 2.84. The van der Waals surface area contributed by atoms with Gasteiger partial charge >= 0.3 is 0 Å². The lowest BCUT2D eigenvalue weighted by Gasteiger charge is -2.36. The minimum absolute atomic E-state index is 0.0148. The number of hydrogen-bond acceptors (Lipinski definition) is 3. The molecular formula is C16H16N4O2. The lowest BCUT2D eigenvalue weighted by atomic mass is 9.87. The second-order valence-corrected chi connectivity index (χ2v) is 5.64. The molecule has 2 aliphatic rings. The van der Waals surface area contributed by atoms with Gasteiger partial charge in [-0.1, -0.05) is 24.3 Å². The molecular weight excluding hydrogens is 280 g/mol. The molecule has 112 valence electrons. The van der Waals surface area contributed by atoms with E-state index in [9.17, 15) is 9.59 Å². The highest BCUT2D eigenvalue weighted by atomic mass is 16.2. The van der Waals surface area contributed by atoms with E-state index in [2.05, 4.69) is 9.84 Å². The van der Waals surface area contributed by atoms with Gasteiger partial charge < -0.3 is 9.80 Å². The van der Waals surface area contributed by atoms with Crippen LogP contribution >= 0.6 is 0 Å². The van der Waals surface area contributed by atoms with Crippen molar-refractivity contribution in [2.45, 2.75) is 18.4 Å². The van der Waals surface area contributed by atoms with E-state index in [4.69, 9.17) is 6.57 Å². The molecule has 6 heteroatoms. The summed E-state index contributed by atoms with van der Waals surface area (Å²) in [5.74, 6) is -0.0461. The van der Waals surface area contributed by atoms with E-state index in [1.165, 1.54) is 4.90 Å². The van der Waals surface area contributed by atoms with Crippen LogP contribution < -0.4 is 0 Å². The van der Waals surface area contributed by atoms with Crippen molar-refractivity contribution in [2.75, 3.05) is 20.1 Å². The summed E-state index contributed by atoms with van der Waals surface area (Å²) in [6.45, 7) is 7.95. The minimum atomic E-state index is -0.667. The summed E-state index contributed by atoms with van der Waals surface area (Å²) in [6, 6.07) is 6.64. The number of carbonyl (C=O) groups excluding carboxylic acids is 2. The molecule has 3 rings (SSSR count). The van der Waals surface area contributed by atoms with Crippen LogP contribution in [0.15, 0.2) is 29.3 Å². The first kappa shape index (κ1) is 14.3. The minimum Gasteiger partial charge on any atom is -0.338 e. The summed E-state index contributed by atoms with van der Waals surface area (Å²) >= 11 is 0. The van der Waals surface area contributed by atoms with Crippen molar-refractivity contribution in [3.05, 3.63) is 41.2 Å². The van der Waals surface area contributed by atoms with Gasteiger partial charge in [-0.15, -0.1) is 0 Å². The number of benzene rings is 1. The van der Waals surface area contributed by atoms with Crippen LogP contribution in [-0.2, 0) is 4.79 Å². The first-order valence-corrected chi connectivity index (χ1v) is 7.15. The maximum atomic E-state index is 12.5. The molecule has 0 N–H and O–H groups in total. The van der Waals surface area contributed by atoms with Crippen molar-refractivity contribution in [2.24, 2.45) is 4.99 Å². The maximum absolute atomic E-state index is 12.5. The molecule has 1 saturated heterocycles. The lowest BCUT2D eigenvalue weighted by Crippen LogP contribution is -2.50. The van der Waals surface area contributed by atoms with Gasteiger partial charge in [0, 0.05) is 25.7 Å². The Balaban J connectivity index is 1.68. The number of aliphatic imine (C=N–C) groups is 1. The molecule has 1 fully saturated rings. The summed E-state index contributed by atoms with van der Waals surface area (Å²) in [6.07, 6.45) is 2.68. The smallest absolute Gasteiger partial charge is 0.255 e. The van der Waals surface area contributed by atoms with Crippen LogP contribution in [0.3, 0.4) is 0 Å². The Morgan fingerprint density at radius 2 is 1.91 bits per heavy atom. The fraction of sp³-hybridized carbons (Fsp3) is 0.375. The van der Waals surface area contributed by atoms with Crippen molar-refractivity contribution < 1.29 is 9.59 Å². The second-order valence-electron chi connectivity index (χ2n) is 5.64. The summed E-state index contributed by atoms with van der Waals surface area (Å²) in [5.41, 5.74) is 0.421. The molecule has 0 aromatic heterocycles. The zero-order valence-electron chi connectivity index (χ0n) is 12.3.